The van der Waals surface area contributed by atoms with E-state index in [1.807, 2.05) is 36.4 Å². The minimum Gasteiger partial charge on any atom is -0.465 e. The summed E-state index contributed by atoms with van der Waals surface area (Å²) in [4.78, 5) is 19.1. The smallest absolute Gasteiger partial charge is 0.340 e. The molecule has 0 amide bonds. The van der Waals surface area contributed by atoms with Gasteiger partial charge in [0.15, 0.2) is 0 Å². The third-order valence-electron chi connectivity index (χ3n) is 3.03. The lowest BCUT2D eigenvalue weighted by Crippen LogP contribution is -2.01. The van der Waals surface area contributed by atoms with Crippen molar-refractivity contribution in [3.05, 3.63) is 54.4 Å². The third-order valence-corrected chi connectivity index (χ3v) is 3.03. The molecule has 0 saturated carbocycles. The summed E-state index contributed by atoms with van der Waals surface area (Å²) in [7, 11) is 1.37. The quantitative estimate of drug-likeness (QED) is 0.713. The highest BCUT2D eigenvalue weighted by atomic mass is 16.5. The molecular formula is C15H12N2O2. The molecule has 3 rings (SSSR count). The molecule has 2 heterocycles. The van der Waals surface area contributed by atoms with E-state index in [-0.39, 0.29) is 5.97 Å². The Morgan fingerprint density at radius 3 is 2.84 bits per heavy atom. The number of hydrogen-bond donors (Lipinski definition) is 1. The molecule has 3 aromatic rings. The number of carbonyl (C=O) groups excluding carboxylic acids is 1. The van der Waals surface area contributed by atoms with Gasteiger partial charge in [-0.15, -0.1) is 0 Å². The van der Waals surface area contributed by atoms with Crippen molar-refractivity contribution in [2.75, 3.05) is 7.11 Å². The van der Waals surface area contributed by atoms with E-state index >= 15 is 0 Å². The first-order chi connectivity index (χ1) is 9.29. The largest absolute Gasteiger partial charge is 0.465 e. The molecule has 0 spiro atoms. The van der Waals surface area contributed by atoms with Crippen LogP contribution in [-0.2, 0) is 4.74 Å². The second kappa shape index (κ2) is 4.57. The van der Waals surface area contributed by atoms with E-state index in [0.717, 1.165) is 22.2 Å². The molecule has 1 aromatic carbocycles. The van der Waals surface area contributed by atoms with Crippen LogP contribution >= 0.6 is 0 Å². The van der Waals surface area contributed by atoms with Crippen LogP contribution in [0.25, 0.3) is 22.2 Å². The van der Waals surface area contributed by atoms with Crippen LogP contribution in [0, 0.1) is 0 Å². The Labute approximate surface area is 110 Å². The molecule has 19 heavy (non-hydrogen) atoms. The summed E-state index contributed by atoms with van der Waals surface area (Å²) in [6.07, 6.45) is 3.38. The van der Waals surface area contributed by atoms with Crippen LogP contribution in [0.3, 0.4) is 0 Å². The maximum Gasteiger partial charge on any atom is 0.340 e. The standard InChI is InChI=1S/C15H12N2O2/c1-19-15(18)12-9-16-8-11(12)14-7-6-10-4-2-3-5-13(10)17-14/h2-9,16H,1H3. The Morgan fingerprint density at radius 2 is 2.00 bits per heavy atom. The van der Waals surface area contributed by atoms with Gasteiger partial charge in [0.25, 0.3) is 0 Å². The van der Waals surface area contributed by atoms with Crippen molar-refractivity contribution in [1.29, 1.82) is 0 Å². The van der Waals surface area contributed by atoms with Crippen LogP contribution in [0.15, 0.2) is 48.8 Å². The van der Waals surface area contributed by atoms with E-state index in [1.54, 1.807) is 12.4 Å². The van der Waals surface area contributed by atoms with Gasteiger partial charge in [0.05, 0.1) is 23.9 Å². The molecule has 0 aliphatic heterocycles. The van der Waals surface area contributed by atoms with E-state index in [9.17, 15) is 4.79 Å². The monoisotopic (exact) mass is 252 g/mol. The molecule has 2 aromatic heterocycles. The van der Waals surface area contributed by atoms with Crippen molar-refractivity contribution >= 4 is 16.9 Å². The highest BCUT2D eigenvalue weighted by molar-refractivity contribution is 5.97. The second-order valence-electron chi connectivity index (χ2n) is 4.16. The van der Waals surface area contributed by atoms with Crippen LogP contribution < -0.4 is 0 Å². The number of benzene rings is 1. The topological polar surface area (TPSA) is 55.0 Å². The van der Waals surface area contributed by atoms with Gasteiger partial charge in [0.1, 0.15) is 0 Å². The Morgan fingerprint density at radius 1 is 1.16 bits per heavy atom. The van der Waals surface area contributed by atoms with Gasteiger partial charge in [0, 0.05) is 23.3 Å². The van der Waals surface area contributed by atoms with Gasteiger partial charge in [-0.1, -0.05) is 24.3 Å². The molecule has 0 aliphatic carbocycles. The zero-order valence-corrected chi connectivity index (χ0v) is 10.4. The average molecular weight is 252 g/mol. The normalized spacial score (nSPS) is 10.6. The summed E-state index contributed by atoms with van der Waals surface area (Å²) in [5.41, 5.74) is 2.89. The number of fused-ring (bicyclic) bond motifs is 1. The minimum atomic E-state index is -0.369. The van der Waals surface area contributed by atoms with Crippen LogP contribution in [0.1, 0.15) is 10.4 Å². The number of methoxy groups -OCH3 is 1. The molecule has 0 aliphatic rings. The molecule has 0 unspecified atom stereocenters. The summed E-state index contributed by atoms with van der Waals surface area (Å²) in [5.74, 6) is -0.369. The predicted molar refractivity (Wildman–Crippen MR) is 72.9 cm³/mol. The summed E-state index contributed by atoms with van der Waals surface area (Å²) >= 11 is 0. The van der Waals surface area contributed by atoms with Gasteiger partial charge in [-0.05, 0) is 12.1 Å². The van der Waals surface area contributed by atoms with Gasteiger partial charge < -0.3 is 9.72 Å². The van der Waals surface area contributed by atoms with Crippen molar-refractivity contribution in [1.82, 2.24) is 9.97 Å². The highest BCUT2D eigenvalue weighted by Crippen LogP contribution is 2.24. The molecule has 0 bridgehead atoms. The van der Waals surface area contributed by atoms with E-state index in [4.69, 9.17) is 4.74 Å². The predicted octanol–water partition coefficient (Wildman–Crippen LogP) is 3.02. The fraction of sp³-hybridized carbons (Fsp3) is 0.0667. The third kappa shape index (κ3) is 1.97. The highest BCUT2D eigenvalue weighted by Gasteiger charge is 2.15. The molecule has 0 fully saturated rings. The van der Waals surface area contributed by atoms with Crippen molar-refractivity contribution in [2.45, 2.75) is 0 Å². The van der Waals surface area contributed by atoms with Gasteiger partial charge in [-0.2, -0.15) is 0 Å². The molecule has 4 heteroatoms. The molecule has 4 nitrogen and oxygen atoms in total. The number of rotatable bonds is 2. The van der Waals surface area contributed by atoms with Gasteiger partial charge in [-0.25, -0.2) is 9.78 Å². The lowest BCUT2D eigenvalue weighted by molar-refractivity contribution is 0.0602. The molecule has 94 valence electrons. The van der Waals surface area contributed by atoms with Crippen LogP contribution in [-0.4, -0.2) is 23.0 Å². The van der Waals surface area contributed by atoms with E-state index in [1.165, 1.54) is 7.11 Å². The number of aromatic amines is 1. The van der Waals surface area contributed by atoms with Crippen molar-refractivity contribution < 1.29 is 9.53 Å². The minimum absolute atomic E-state index is 0.369. The first-order valence-electron chi connectivity index (χ1n) is 5.91. The molecule has 0 atom stereocenters. The van der Waals surface area contributed by atoms with Gasteiger partial charge in [0.2, 0.25) is 0 Å². The molecular weight excluding hydrogens is 240 g/mol. The fourth-order valence-electron chi connectivity index (χ4n) is 2.07. The summed E-state index contributed by atoms with van der Waals surface area (Å²) in [6, 6.07) is 11.8. The molecule has 0 radical (unpaired) electrons. The maximum atomic E-state index is 11.7. The first kappa shape index (κ1) is 11.5. The Hall–Kier alpha value is -2.62. The Balaban J connectivity index is 2.14. The van der Waals surface area contributed by atoms with E-state index in [2.05, 4.69) is 9.97 Å². The van der Waals surface area contributed by atoms with E-state index < -0.39 is 0 Å². The van der Waals surface area contributed by atoms with Crippen molar-refractivity contribution in [2.24, 2.45) is 0 Å². The Kier molecular flexibility index (Phi) is 2.76. The zero-order chi connectivity index (χ0) is 13.2. The number of para-hydroxylation sites is 1. The van der Waals surface area contributed by atoms with Crippen molar-refractivity contribution in [3.8, 4) is 11.3 Å². The molecule has 1 N–H and O–H groups in total. The van der Waals surface area contributed by atoms with Gasteiger partial charge >= 0.3 is 5.97 Å². The SMILES string of the molecule is COC(=O)c1c[nH]cc1-c1ccc2ccccc2n1. The number of hydrogen-bond acceptors (Lipinski definition) is 3. The summed E-state index contributed by atoms with van der Waals surface area (Å²) in [6.45, 7) is 0. The number of nitrogens with one attached hydrogen (secondary N) is 1. The Bertz CT molecular complexity index is 746. The number of ether oxygens (including phenoxy) is 1. The number of nitrogens with zero attached hydrogens (tertiary/aromatic N) is 1. The van der Waals surface area contributed by atoms with E-state index in [0.29, 0.717) is 5.56 Å². The van der Waals surface area contributed by atoms with Gasteiger partial charge in [-0.3, -0.25) is 0 Å². The lowest BCUT2D eigenvalue weighted by Gasteiger charge is -2.03. The number of H-pyrrole nitrogens is 1. The summed E-state index contributed by atoms with van der Waals surface area (Å²) in [5, 5.41) is 1.07. The number of carbonyl (C=O) groups is 1. The lowest BCUT2D eigenvalue weighted by atomic mass is 10.1. The van der Waals surface area contributed by atoms with Crippen LogP contribution in [0.4, 0.5) is 0 Å². The molecule has 0 saturated heterocycles. The fourth-order valence-corrected chi connectivity index (χ4v) is 2.07. The maximum absolute atomic E-state index is 11.7. The second-order valence-corrected chi connectivity index (χ2v) is 4.16. The number of aromatic nitrogens is 2. The van der Waals surface area contributed by atoms with Crippen LogP contribution in [0.5, 0.6) is 0 Å². The zero-order valence-electron chi connectivity index (χ0n) is 10.4. The van der Waals surface area contributed by atoms with Crippen LogP contribution in [0.2, 0.25) is 0 Å². The summed E-state index contributed by atoms with van der Waals surface area (Å²) < 4.78 is 4.76. The number of pyridine rings is 1. The average Bonchev–Trinajstić information content (AvgIpc) is 2.95. The number of esters is 1. The first-order valence-corrected chi connectivity index (χ1v) is 5.91. The van der Waals surface area contributed by atoms with Crippen molar-refractivity contribution in [3.63, 3.8) is 0 Å².